The van der Waals surface area contributed by atoms with Crippen molar-refractivity contribution in [3.8, 4) is 11.8 Å². The Bertz CT molecular complexity index is 605. The molecule has 3 nitrogen and oxygen atoms in total. The molecule has 0 saturated heterocycles. The van der Waals surface area contributed by atoms with E-state index in [9.17, 15) is 4.39 Å². The number of benzene rings is 1. The molecule has 1 heterocycles. The van der Waals surface area contributed by atoms with Gasteiger partial charge in [-0.1, -0.05) is 12.1 Å². The highest BCUT2D eigenvalue weighted by Gasteiger charge is 2.09. The smallest absolute Gasteiger partial charge is 0.144 e. The first-order valence-corrected chi connectivity index (χ1v) is 5.44. The van der Waals surface area contributed by atoms with Crippen LogP contribution in [-0.4, -0.2) is 4.98 Å². The van der Waals surface area contributed by atoms with Crippen molar-refractivity contribution in [3.63, 3.8) is 0 Å². The maximum atomic E-state index is 13.3. The van der Waals surface area contributed by atoms with E-state index in [1.54, 1.807) is 12.1 Å². The van der Waals surface area contributed by atoms with Crippen molar-refractivity contribution in [2.24, 2.45) is 0 Å². The zero-order chi connectivity index (χ0) is 13.0. The molecule has 1 aromatic carbocycles. The van der Waals surface area contributed by atoms with E-state index in [4.69, 9.17) is 10.00 Å². The van der Waals surface area contributed by atoms with Crippen LogP contribution in [0.15, 0.2) is 36.4 Å². The van der Waals surface area contributed by atoms with Gasteiger partial charge >= 0.3 is 0 Å². The van der Waals surface area contributed by atoms with Gasteiger partial charge in [0.1, 0.15) is 29.8 Å². The van der Waals surface area contributed by atoms with Crippen LogP contribution in [0, 0.1) is 24.1 Å². The number of aromatic nitrogens is 1. The Morgan fingerprint density at radius 1 is 1.28 bits per heavy atom. The second kappa shape index (κ2) is 5.28. The Kier molecular flexibility index (Phi) is 3.54. The molecule has 0 unspecified atom stereocenters. The van der Waals surface area contributed by atoms with E-state index in [-0.39, 0.29) is 17.9 Å². The van der Waals surface area contributed by atoms with E-state index in [1.165, 1.54) is 12.1 Å². The van der Waals surface area contributed by atoms with Gasteiger partial charge in [0, 0.05) is 5.69 Å². The van der Waals surface area contributed by atoms with E-state index in [0.717, 1.165) is 11.4 Å². The van der Waals surface area contributed by atoms with Crippen LogP contribution >= 0.6 is 0 Å². The number of nitriles is 1. The topological polar surface area (TPSA) is 45.9 Å². The second-order valence-electron chi connectivity index (χ2n) is 3.78. The van der Waals surface area contributed by atoms with E-state index in [0.29, 0.717) is 0 Å². The summed E-state index contributed by atoms with van der Waals surface area (Å²) in [6.45, 7) is 2.09. The van der Waals surface area contributed by atoms with Crippen LogP contribution in [0.1, 0.15) is 17.0 Å². The minimum absolute atomic E-state index is 0.0786. The van der Waals surface area contributed by atoms with Gasteiger partial charge in [0.15, 0.2) is 0 Å². The fourth-order valence-corrected chi connectivity index (χ4v) is 1.56. The largest absolute Gasteiger partial charge is 0.486 e. The average molecular weight is 242 g/mol. The molecule has 0 aliphatic rings. The summed E-state index contributed by atoms with van der Waals surface area (Å²) < 4.78 is 18.7. The number of aryl methyl sites for hydroxylation is 1. The van der Waals surface area contributed by atoms with Crippen LogP contribution < -0.4 is 4.74 Å². The predicted molar refractivity (Wildman–Crippen MR) is 64.4 cm³/mol. The number of nitrogens with zero attached hydrogens (tertiary/aromatic N) is 2. The lowest BCUT2D eigenvalue weighted by molar-refractivity contribution is 0.298. The Labute approximate surface area is 104 Å². The van der Waals surface area contributed by atoms with E-state index in [2.05, 4.69) is 4.98 Å². The third-order valence-electron chi connectivity index (χ3n) is 2.41. The highest BCUT2D eigenvalue weighted by molar-refractivity contribution is 5.43. The molecule has 0 N–H and O–H groups in total. The first kappa shape index (κ1) is 12.1. The lowest BCUT2D eigenvalue weighted by Crippen LogP contribution is -2.01. The number of pyridine rings is 1. The van der Waals surface area contributed by atoms with Gasteiger partial charge in [-0.3, -0.25) is 4.98 Å². The minimum Gasteiger partial charge on any atom is -0.486 e. The quantitative estimate of drug-likeness (QED) is 0.831. The first-order valence-electron chi connectivity index (χ1n) is 5.44. The van der Waals surface area contributed by atoms with Crippen LogP contribution in [0.25, 0.3) is 0 Å². The molecule has 0 aliphatic heterocycles. The molecule has 0 bridgehead atoms. The maximum Gasteiger partial charge on any atom is 0.144 e. The zero-order valence-corrected chi connectivity index (χ0v) is 9.85. The van der Waals surface area contributed by atoms with Gasteiger partial charge < -0.3 is 4.74 Å². The summed E-state index contributed by atoms with van der Waals surface area (Å²) in [5, 5.41) is 8.85. The van der Waals surface area contributed by atoms with Gasteiger partial charge in [0.25, 0.3) is 0 Å². The SMILES string of the molecule is Cc1cccc(COc2cccc(F)c2C#N)n1. The monoisotopic (exact) mass is 242 g/mol. The number of ether oxygens (including phenoxy) is 1. The Morgan fingerprint density at radius 3 is 2.78 bits per heavy atom. The molecular weight excluding hydrogens is 231 g/mol. The number of rotatable bonds is 3. The molecule has 0 spiro atoms. The summed E-state index contributed by atoms with van der Waals surface area (Å²) in [5.41, 5.74) is 1.55. The van der Waals surface area contributed by atoms with E-state index < -0.39 is 5.82 Å². The molecule has 0 amide bonds. The molecule has 0 atom stereocenters. The summed E-state index contributed by atoms with van der Waals surface area (Å²) in [6.07, 6.45) is 0. The molecule has 18 heavy (non-hydrogen) atoms. The molecule has 0 aliphatic carbocycles. The fraction of sp³-hybridized carbons (Fsp3) is 0.143. The van der Waals surface area contributed by atoms with Crippen LogP contribution in [-0.2, 0) is 6.61 Å². The number of hydrogen-bond acceptors (Lipinski definition) is 3. The maximum absolute atomic E-state index is 13.3. The molecule has 90 valence electrons. The van der Waals surface area contributed by atoms with Crippen molar-refractivity contribution >= 4 is 0 Å². The second-order valence-corrected chi connectivity index (χ2v) is 3.78. The molecule has 0 saturated carbocycles. The number of halogens is 1. The van der Waals surface area contributed by atoms with Crippen molar-refractivity contribution in [1.82, 2.24) is 4.98 Å². The third-order valence-corrected chi connectivity index (χ3v) is 2.41. The molecule has 1 aromatic heterocycles. The van der Waals surface area contributed by atoms with Crippen LogP contribution in [0.2, 0.25) is 0 Å². The van der Waals surface area contributed by atoms with Crippen LogP contribution in [0.5, 0.6) is 5.75 Å². The normalized spacial score (nSPS) is 9.83. The molecule has 4 heteroatoms. The minimum atomic E-state index is -0.577. The van der Waals surface area contributed by atoms with Crippen molar-refractivity contribution in [1.29, 1.82) is 5.26 Å². The Hall–Kier alpha value is -2.41. The zero-order valence-electron chi connectivity index (χ0n) is 9.85. The van der Waals surface area contributed by atoms with Gasteiger partial charge in [-0.2, -0.15) is 5.26 Å². The Morgan fingerprint density at radius 2 is 2.06 bits per heavy atom. The van der Waals surface area contributed by atoms with Crippen molar-refractivity contribution in [2.75, 3.05) is 0 Å². The highest BCUT2D eigenvalue weighted by atomic mass is 19.1. The fourth-order valence-electron chi connectivity index (χ4n) is 1.56. The van der Waals surface area contributed by atoms with Crippen LogP contribution in [0.3, 0.4) is 0 Å². The van der Waals surface area contributed by atoms with Crippen molar-refractivity contribution < 1.29 is 9.13 Å². The average Bonchev–Trinajstić information content (AvgIpc) is 2.36. The van der Waals surface area contributed by atoms with E-state index >= 15 is 0 Å². The molecule has 2 rings (SSSR count). The molecule has 2 aromatic rings. The van der Waals surface area contributed by atoms with Crippen LogP contribution in [0.4, 0.5) is 4.39 Å². The van der Waals surface area contributed by atoms with Gasteiger partial charge in [0.2, 0.25) is 0 Å². The summed E-state index contributed by atoms with van der Waals surface area (Å²) in [6, 6.07) is 11.7. The summed E-state index contributed by atoms with van der Waals surface area (Å²) in [7, 11) is 0. The lowest BCUT2D eigenvalue weighted by Gasteiger charge is -2.08. The summed E-state index contributed by atoms with van der Waals surface area (Å²) >= 11 is 0. The van der Waals surface area contributed by atoms with Crippen molar-refractivity contribution in [3.05, 3.63) is 59.2 Å². The lowest BCUT2D eigenvalue weighted by atomic mass is 10.2. The molecular formula is C14H11FN2O. The standard InChI is InChI=1S/C14H11FN2O/c1-10-4-2-5-11(17-10)9-18-14-7-3-6-13(15)12(14)8-16/h2-7H,9H2,1H3. The highest BCUT2D eigenvalue weighted by Crippen LogP contribution is 2.21. The first-order chi connectivity index (χ1) is 8.70. The van der Waals surface area contributed by atoms with Crippen molar-refractivity contribution in [2.45, 2.75) is 13.5 Å². The van der Waals surface area contributed by atoms with E-state index in [1.807, 2.05) is 25.1 Å². The molecule has 0 radical (unpaired) electrons. The van der Waals surface area contributed by atoms with Gasteiger partial charge in [0.05, 0.1) is 5.69 Å². The van der Waals surface area contributed by atoms with Gasteiger partial charge in [-0.05, 0) is 31.2 Å². The van der Waals surface area contributed by atoms with Gasteiger partial charge in [-0.25, -0.2) is 4.39 Å². The Balaban J connectivity index is 2.16. The summed E-state index contributed by atoms with van der Waals surface area (Å²) in [4.78, 5) is 4.26. The third kappa shape index (κ3) is 2.64. The summed E-state index contributed by atoms with van der Waals surface area (Å²) in [5.74, 6) is -0.340. The predicted octanol–water partition coefficient (Wildman–Crippen LogP) is 2.98. The molecule has 0 fully saturated rings. The number of hydrogen-bond donors (Lipinski definition) is 0. The van der Waals surface area contributed by atoms with Gasteiger partial charge in [-0.15, -0.1) is 0 Å².